The van der Waals surface area contributed by atoms with Gasteiger partial charge in [-0.1, -0.05) is 48.5 Å². The highest BCUT2D eigenvalue weighted by Crippen LogP contribution is 2.45. The molecule has 2 heterocycles. The number of nitrogens with zero attached hydrogens (tertiary/aromatic N) is 2. The lowest BCUT2D eigenvalue weighted by Crippen LogP contribution is -2.38. The first kappa shape index (κ1) is 22.6. The first-order valence-corrected chi connectivity index (χ1v) is 11.8. The van der Waals surface area contributed by atoms with E-state index >= 15 is 0 Å². The summed E-state index contributed by atoms with van der Waals surface area (Å²) in [5, 5.41) is 9.19. The van der Waals surface area contributed by atoms with Crippen LogP contribution in [0, 0.1) is 0 Å². The number of ether oxygens (including phenoxy) is 2. The highest BCUT2D eigenvalue weighted by molar-refractivity contribution is 9.10. The normalized spacial score (nSPS) is 19.0. The predicted molar refractivity (Wildman–Crippen MR) is 128 cm³/mol. The molecule has 2 aliphatic rings. The summed E-state index contributed by atoms with van der Waals surface area (Å²) >= 11 is 3.49. The second kappa shape index (κ2) is 9.19. The summed E-state index contributed by atoms with van der Waals surface area (Å²) < 4.78 is 12.4. The van der Waals surface area contributed by atoms with Crippen LogP contribution in [0.5, 0.6) is 0 Å². The predicted octanol–water partition coefficient (Wildman–Crippen LogP) is 4.80. The van der Waals surface area contributed by atoms with Gasteiger partial charge in [-0.05, 0) is 44.3 Å². The molecule has 1 unspecified atom stereocenters. The smallest absolute Gasteiger partial charge is 0.409 e. The fourth-order valence-electron chi connectivity index (χ4n) is 4.98. The second-order valence-electron chi connectivity index (χ2n) is 8.51. The Morgan fingerprint density at radius 1 is 1.09 bits per heavy atom. The summed E-state index contributed by atoms with van der Waals surface area (Å²) in [6.07, 6.45) is 3.28. The fraction of sp³-hybridized carbons (Fsp3) is 0.269. The summed E-state index contributed by atoms with van der Waals surface area (Å²) in [4.78, 5) is 30.0. The lowest BCUT2D eigenvalue weighted by atomic mass is 9.93. The van der Waals surface area contributed by atoms with Crippen LogP contribution in [0.2, 0.25) is 0 Å². The van der Waals surface area contributed by atoms with E-state index in [1.165, 1.54) is 11.1 Å². The van der Waals surface area contributed by atoms with Crippen molar-refractivity contribution in [3.63, 3.8) is 0 Å². The standard InChI is InChI=1S/C26H23BrN2O5/c27-23-13-28-11-9-22(23)26(34-15-24(30)31)10-12-29(16-26)25(32)33-14-21-19-7-3-1-5-17(19)18-6-2-4-8-20(18)21/h1-9,11,13,21H,10,12,14-16H2,(H,30,31). The topological polar surface area (TPSA) is 89.0 Å². The van der Waals surface area contributed by atoms with Crippen LogP contribution < -0.4 is 0 Å². The summed E-state index contributed by atoms with van der Waals surface area (Å²) in [7, 11) is 0. The van der Waals surface area contributed by atoms with Crippen LogP contribution in [0.15, 0.2) is 71.5 Å². The number of fused-ring (bicyclic) bond motifs is 3. The SMILES string of the molecule is O=C(O)COC1(c2ccncc2Br)CCN(C(=O)OCC2c3ccccc3-c3ccccc32)C1. The van der Waals surface area contributed by atoms with Gasteiger partial charge in [-0.3, -0.25) is 4.98 Å². The number of carbonyl (C=O) groups is 2. The summed E-state index contributed by atoms with van der Waals surface area (Å²) in [6.45, 7) is 0.350. The van der Waals surface area contributed by atoms with Crippen LogP contribution in [0.3, 0.4) is 0 Å². The number of aliphatic carboxylic acids is 1. The zero-order chi connectivity index (χ0) is 23.7. The molecule has 1 saturated heterocycles. The Morgan fingerprint density at radius 3 is 2.41 bits per heavy atom. The van der Waals surface area contributed by atoms with Gasteiger partial charge >= 0.3 is 12.1 Å². The largest absolute Gasteiger partial charge is 0.480 e. The highest BCUT2D eigenvalue weighted by atomic mass is 79.9. The molecule has 0 spiro atoms. The summed E-state index contributed by atoms with van der Waals surface area (Å²) in [5.41, 5.74) is 4.45. The Morgan fingerprint density at radius 2 is 1.76 bits per heavy atom. The van der Waals surface area contributed by atoms with Crippen molar-refractivity contribution in [3.05, 3.63) is 88.2 Å². The molecule has 0 radical (unpaired) electrons. The maximum atomic E-state index is 13.1. The number of amides is 1. The molecule has 1 atom stereocenters. The number of carbonyl (C=O) groups excluding carboxylic acids is 1. The molecule has 8 heteroatoms. The number of halogens is 1. The minimum atomic E-state index is -1.07. The van der Waals surface area contributed by atoms with Crippen LogP contribution in [-0.2, 0) is 19.9 Å². The number of likely N-dealkylation sites (tertiary alicyclic amines) is 1. The van der Waals surface area contributed by atoms with E-state index in [1.807, 2.05) is 24.3 Å². The highest BCUT2D eigenvalue weighted by Gasteiger charge is 2.45. The number of carboxylic acid groups (broad SMARTS) is 1. The lowest BCUT2D eigenvalue weighted by Gasteiger charge is -2.30. The number of aromatic nitrogens is 1. The number of carboxylic acids is 1. The van der Waals surface area contributed by atoms with Crippen molar-refractivity contribution in [2.75, 3.05) is 26.3 Å². The van der Waals surface area contributed by atoms with Gasteiger partial charge in [0.05, 0.1) is 6.54 Å². The number of benzene rings is 2. The van der Waals surface area contributed by atoms with E-state index in [-0.39, 0.29) is 19.1 Å². The van der Waals surface area contributed by atoms with Crippen LogP contribution in [0.25, 0.3) is 11.1 Å². The zero-order valence-corrected chi connectivity index (χ0v) is 19.9. The summed E-state index contributed by atoms with van der Waals surface area (Å²) in [5.74, 6) is -1.09. The number of pyridine rings is 1. The quantitative estimate of drug-likeness (QED) is 0.500. The van der Waals surface area contributed by atoms with Gasteiger partial charge in [0, 0.05) is 41.3 Å². The van der Waals surface area contributed by atoms with Crippen LogP contribution >= 0.6 is 15.9 Å². The number of rotatable bonds is 6. The molecule has 2 aromatic carbocycles. The number of hydrogen-bond acceptors (Lipinski definition) is 5. The molecule has 0 saturated carbocycles. The van der Waals surface area contributed by atoms with Crippen LogP contribution in [0.1, 0.15) is 29.0 Å². The second-order valence-corrected chi connectivity index (χ2v) is 9.36. The molecule has 1 aliphatic carbocycles. The minimum Gasteiger partial charge on any atom is -0.480 e. The third kappa shape index (κ3) is 4.08. The molecule has 1 N–H and O–H groups in total. The van der Waals surface area contributed by atoms with Gasteiger partial charge in [0.2, 0.25) is 0 Å². The molecule has 1 fully saturated rings. The first-order chi connectivity index (χ1) is 16.5. The first-order valence-electron chi connectivity index (χ1n) is 11.0. The molecule has 1 aliphatic heterocycles. The molecular formula is C26H23BrN2O5. The van der Waals surface area contributed by atoms with E-state index < -0.39 is 24.3 Å². The van der Waals surface area contributed by atoms with Gasteiger partial charge in [-0.15, -0.1) is 0 Å². The van der Waals surface area contributed by atoms with E-state index in [4.69, 9.17) is 9.47 Å². The average molecular weight is 523 g/mol. The van der Waals surface area contributed by atoms with E-state index in [9.17, 15) is 14.7 Å². The Kier molecular flexibility index (Phi) is 6.10. The van der Waals surface area contributed by atoms with Gasteiger partial charge in [0.1, 0.15) is 18.8 Å². The zero-order valence-electron chi connectivity index (χ0n) is 18.3. The van der Waals surface area contributed by atoms with Crippen molar-refractivity contribution in [2.45, 2.75) is 17.9 Å². The van der Waals surface area contributed by atoms with Gasteiger partial charge in [0.25, 0.3) is 0 Å². The Bertz CT molecular complexity index is 1200. The average Bonchev–Trinajstić information content (AvgIpc) is 3.42. The van der Waals surface area contributed by atoms with Crippen molar-refractivity contribution in [1.29, 1.82) is 0 Å². The molecule has 1 aromatic heterocycles. The maximum absolute atomic E-state index is 13.1. The molecule has 5 rings (SSSR count). The minimum absolute atomic E-state index is 0.0266. The van der Waals surface area contributed by atoms with E-state index in [1.54, 1.807) is 23.4 Å². The van der Waals surface area contributed by atoms with Gasteiger partial charge < -0.3 is 19.5 Å². The number of hydrogen-bond donors (Lipinski definition) is 1. The molecule has 174 valence electrons. The van der Waals surface area contributed by atoms with Gasteiger partial charge in [-0.2, -0.15) is 0 Å². The van der Waals surface area contributed by atoms with Gasteiger partial charge in [0.15, 0.2) is 0 Å². The Balaban J connectivity index is 1.32. The fourth-order valence-corrected chi connectivity index (χ4v) is 5.59. The third-order valence-corrected chi connectivity index (χ3v) is 7.19. The van der Waals surface area contributed by atoms with Crippen LogP contribution in [0.4, 0.5) is 4.79 Å². The van der Waals surface area contributed by atoms with Crippen molar-refractivity contribution >= 4 is 28.0 Å². The molecule has 34 heavy (non-hydrogen) atoms. The Hall–Kier alpha value is -3.23. The summed E-state index contributed by atoms with van der Waals surface area (Å²) in [6, 6.07) is 18.2. The van der Waals surface area contributed by atoms with Crippen molar-refractivity contribution < 1.29 is 24.2 Å². The monoisotopic (exact) mass is 522 g/mol. The van der Waals surface area contributed by atoms with Crippen LogP contribution in [-0.4, -0.2) is 53.4 Å². The maximum Gasteiger partial charge on any atom is 0.409 e. The molecule has 3 aromatic rings. The molecule has 7 nitrogen and oxygen atoms in total. The Labute approximate surface area is 205 Å². The molecular weight excluding hydrogens is 500 g/mol. The van der Waals surface area contributed by atoms with Crippen molar-refractivity contribution in [3.8, 4) is 11.1 Å². The molecule has 0 bridgehead atoms. The van der Waals surface area contributed by atoms with E-state index in [0.29, 0.717) is 17.4 Å². The van der Waals surface area contributed by atoms with Gasteiger partial charge in [-0.25, -0.2) is 9.59 Å². The third-order valence-electron chi connectivity index (χ3n) is 6.56. The van der Waals surface area contributed by atoms with Crippen molar-refractivity contribution in [2.24, 2.45) is 0 Å². The molecule has 1 amide bonds. The van der Waals surface area contributed by atoms with E-state index in [0.717, 1.165) is 16.7 Å². The van der Waals surface area contributed by atoms with Crippen molar-refractivity contribution in [1.82, 2.24) is 9.88 Å². The van der Waals surface area contributed by atoms with E-state index in [2.05, 4.69) is 45.2 Å². The lowest BCUT2D eigenvalue weighted by molar-refractivity contribution is -0.149.